The lowest BCUT2D eigenvalue weighted by atomic mass is 10.6. The SMILES string of the molecule is C/C(N)=C/O. The van der Waals surface area contributed by atoms with Gasteiger partial charge in [-0.3, -0.25) is 0 Å². The molecule has 0 aromatic heterocycles. The summed E-state index contributed by atoms with van der Waals surface area (Å²) in [6.45, 7) is 1.61. The molecule has 0 saturated heterocycles. The van der Waals surface area contributed by atoms with Gasteiger partial charge in [-0.05, 0) is 6.92 Å². The van der Waals surface area contributed by atoms with Gasteiger partial charge in [-0.2, -0.15) is 0 Å². The molecule has 0 radical (unpaired) electrons. The van der Waals surface area contributed by atoms with E-state index in [1.54, 1.807) is 6.92 Å². The zero-order chi connectivity index (χ0) is 4.28. The van der Waals surface area contributed by atoms with Crippen molar-refractivity contribution in [3.05, 3.63) is 12.0 Å². The van der Waals surface area contributed by atoms with Crippen LogP contribution >= 0.6 is 0 Å². The number of aliphatic hydroxyl groups excluding tert-OH is 1. The molecule has 0 aromatic carbocycles. The number of aliphatic hydroxyl groups is 1. The Morgan fingerprint density at radius 2 is 2.20 bits per heavy atom. The summed E-state index contributed by atoms with van der Waals surface area (Å²) in [6.07, 6.45) is 0.861. The summed E-state index contributed by atoms with van der Waals surface area (Å²) in [6, 6.07) is 0. The van der Waals surface area contributed by atoms with Gasteiger partial charge in [0, 0.05) is 5.70 Å². The van der Waals surface area contributed by atoms with Gasteiger partial charge in [0.1, 0.15) is 0 Å². The average molecular weight is 73.1 g/mol. The van der Waals surface area contributed by atoms with Gasteiger partial charge >= 0.3 is 0 Å². The lowest BCUT2D eigenvalue weighted by molar-refractivity contribution is 0.466. The lowest BCUT2D eigenvalue weighted by Crippen LogP contribution is -1.87. The normalized spacial score (nSPS) is 11.8. The van der Waals surface area contributed by atoms with Gasteiger partial charge in [-0.15, -0.1) is 0 Å². The lowest BCUT2D eigenvalue weighted by Gasteiger charge is -1.75. The molecule has 0 amide bonds. The fourth-order valence-corrected chi connectivity index (χ4v) is 0. The van der Waals surface area contributed by atoms with Crippen molar-refractivity contribution in [2.45, 2.75) is 6.92 Å². The van der Waals surface area contributed by atoms with Crippen molar-refractivity contribution in [1.82, 2.24) is 0 Å². The van der Waals surface area contributed by atoms with E-state index in [1.807, 2.05) is 0 Å². The molecule has 2 heteroatoms. The number of nitrogens with two attached hydrogens (primary N) is 1. The number of hydrogen-bond donors (Lipinski definition) is 2. The molecule has 0 saturated carbocycles. The van der Waals surface area contributed by atoms with Crippen LogP contribution in [0.3, 0.4) is 0 Å². The van der Waals surface area contributed by atoms with Crippen molar-refractivity contribution in [1.29, 1.82) is 0 Å². The highest BCUT2D eigenvalue weighted by Crippen LogP contribution is 1.68. The topological polar surface area (TPSA) is 46.2 Å². The molecular weight excluding hydrogens is 66.0 g/mol. The first-order chi connectivity index (χ1) is 2.27. The Labute approximate surface area is 30.9 Å². The van der Waals surface area contributed by atoms with E-state index in [0.717, 1.165) is 6.26 Å². The van der Waals surface area contributed by atoms with Gasteiger partial charge in [0.05, 0.1) is 6.26 Å². The molecule has 3 N–H and O–H groups in total. The van der Waals surface area contributed by atoms with Gasteiger partial charge in [-0.1, -0.05) is 0 Å². The van der Waals surface area contributed by atoms with Crippen LogP contribution in [0.2, 0.25) is 0 Å². The van der Waals surface area contributed by atoms with Crippen LogP contribution in [0, 0.1) is 0 Å². The van der Waals surface area contributed by atoms with E-state index < -0.39 is 0 Å². The molecule has 0 heterocycles. The third kappa shape index (κ3) is 3.34. The van der Waals surface area contributed by atoms with Gasteiger partial charge in [-0.25, -0.2) is 0 Å². The van der Waals surface area contributed by atoms with Crippen LogP contribution in [0.1, 0.15) is 6.92 Å². The van der Waals surface area contributed by atoms with E-state index in [2.05, 4.69) is 0 Å². The second-order valence-corrected chi connectivity index (χ2v) is 0.873. The first-order valence-electron chi connectivity index (χ1n) is 1.34. The zero-order valence-electron chi connectivity index (χ0n) is 3.10. The molecule has 2 nitrogen and oxygen atoms in total. The standard InChI is InChI=1S/C3H7NO/c1-3(4)2-5/h2,5H,4H2,1H3/b3-2-. The molecule has 0 rings (SSSR count). The van der Waals surface area contributed by atoms with Crippen LogP contribution in [-0.2, 0) is 0 Å². The Morgan fingerprint density at radius 3 is 2.20 bits per heavy atom. The van der Waals surface area contributed by atoms with Crippen LogP contribution in [-0.4, -0.2) is 5.11 Å². The monoisotopic (exact) mass is 73.1 g/mol. The van der Waals surface area contributed by atoms with Crippen LogP contribution in [0.15, 0.2) is 12.0 Å². The molecular formula is C3H7NO. The van der Waals surface area contributed by atoms with E-state index in [0.29, 0.717) is 5.70 Å². The van der Waals surface area contributed by atoms with E-state index in [1.165, 1.54) is 0 Å². The Morgan fingerprint density at radius 1 is 2.00 bits per heavy atom. The fraction of sp³-hybridized carbons (Fsp3) is 0.333. The summed E-state index contributed by atoms with van der Waals surface area (Å²) < 4.78 is 0. The van der Waals surface area contributed by atoms with Gasteiger partial charge in [0.15, 0.2) is 0 Å². The number of rotatable bonds is 0. The Balaban J connectivity index is 3.14. The second-order valence-electron chi connectivity index (χ2n) is 0.873. The van der Waals surface area contributed by atoms with Crippen molar-refractivity contribution in [3.8, 4) is 0 Å². The predicted molar refractivity (Wildman–Crippen MR) is 20.6 cm³/mol. The summed E-state index contributed by atoms with van der Waals surface area (Å²) in [5.41, 5.74) is 5.34. The highest BCUT2D eigenvalue weighted by Gasteiger charge is 1.62. The maximum Gasteiger partial charge on any atom is 0.0975 e. The van der Waals surface area contributed by atoms with Crippen LogP contribution in [0.25, 0.3) is 0 Å². The molecule has 0 spiro atoms. The molecule has 0 aliphatic carbocycles. The summed E-state index contributed by atoms with van der Waals surface area (Å²) in [5.74, 6) is 0. The molecule has 0 aliphatic rings. The molecule has 0 bridgehead atoms. The molecule has 0 aromatic rings. The Hall–Kier alpha value is -0.660. The smallest absolute Gasteiger partial charge is 0.0975 e. The third-order valence-corrected chi connectivity index (χ3v) is 0.204. The first kappa shape index (κ1) is 4.34. The van der Waals surface area contributed by atoms with Crippen molar-refractivity contribution in [2.24, 2.45) is 5.73 Å². The minimum atomic E-state index is 0.435. The maximum absolute atomic E-state index is 7.86. The van der Waals surface area contributed by atoms with Gasteiger partial charge in [0.2, 0.25) is 0 Å². The maximum atomic E-state index is 7.86. The molecule has 0 aliphatic heterocycles. The minimum Gasteiger partial charge on any atom is -0.514 e. The molecule has 5 heavy (non-hydrogen) atoms. The summed E-state index contributed by atoms with van der Waals surface area (Å²) in [7, 11) is 0. The molecule has 0 atom stereocenters. The summed E-state index contributed by atoms with van der Waals surface area (Å²) in [4.78, 5) is 0. The Bertz CT molecular complexity index is 44.9. The quantitative estimate of drug-likeness (QED) is 0.407. The highest BCUT2D eigenvalue weighted by atomic mass is 16.2. The summed E-state index contributed by atoms with van der Waals surface area (Å²) in [5, 5.41) is 7.86. The zero-order valence-corrected chi connectivity index (χ0v) is 3.10. The largest absolute Gasteiger partial charge is 0.514 e. The molecule has 0 fully saturated rings. The average Bonchev–Trinajstić information content (AvgIpc) is 1.38. The van der Waals surface area contributed by atoms with Crippen molar-refractivity contribution >= 4 is 0 Å². The van der Waals surface area contributed by atoms with Crippen LogP contribution < -0.4 is 5.73 Å². The van der Waals surface area contributed by atoms with Crippen molar-refractivity contribution in [3.63, 3.8) is 0 Å². The Kier molecular flexibility index (Phi) is 1.42. The minimum absolute atomic E-state index is 0.435. The fourth-order valence-electron chi connectivity index (χ4n) is 0. The highest BCUT2D eigenvalue weighted by molar-refractivity contribution is 4.81. The number of allylic oxidation sites excluding steroid dienone is 1. The van der Waals surface area contributed by atoms with Gasteiger partial charge < -0.3 is 10.8 Å². The first-order valence-corrected chi connectivity index (χ1v) is 1.34. The van der Waals surface area contributed by atoms with E-state index >= 15 is 0 Å². The third-order valence-electron chi connectivity index (χ3n) is 0.204. The van der Waals surface area contributed by atoms with E-state index in [-0.39, 0.29) is 0 Å². The van der Waals surface area contributed by atoms with Crippen LogP contribution in [0.5, 0.6) is 0 Å². The van der Waals surface area contributed by atoms with Crippen molar-refractivity contribution < 1.29 is 5.11 Å². The second kappa shape index (κ2) is 1.64. The van der Waals surface area contributed by atoms with E-state index in [9.17, 15) is 0 Å². The molecule has 0 unspecified atom stereocenters. The van der Waals surface area contributed by atoms with E-state index in [4.69, 9.17) is 10.8 Å². The van der Waals surface area contributed by atoms with Gasteiger partial charge in [0.25, 0.3) is 0 Å². The predicted octanol–water partition coefficient (Wildman–Crippen LogP) is 0.364. The van der Waals surface area contributed by atoms with Crippen LogP contribution in [0.4, 0.5) is 0 Å². The summed E-state index contributed by atoms with van der Waals surface area (Å²) >= 11 is 0. The molecule has 30 valence electrons. The van der Waals surface area contributed by atoms with Crippen molar-refractivity contribution in [2.75, 3.05) is 0 Å². The number of hydrogen-bond acceptors (Lipinski definition) is 2.